The number of hydrogen-bond donors (Lipinski definition) is 1. The van der Waals surface area contributed by atoms with Crippen molar-refractivity contribution in [2.45, 2.75) is 24.4 Å². The zero-order chi connectivity index (χ0) is 14.9. The summed E-state index contributed by atoms with van der Waals surface area (Å²) in [6, 6.07) is 2.21. The van der Waals surface area contributed by atoms with Gasteiger partial charge in [-0.3, -0.25) is 0 Å². The Morgan fingerprint density at radius 3 is 2.85 bits per heavy atom. The molecule has 0 radical (unpaired) electrons. The molecule has 1 atom stereocenters. The molecule has 0 spiro atoms. The normalized spacial score (nSPS) is 21.1. The average molecular weight is 339 g/mol. The minimum Gasteiger partial charge on any atom is -0.326 e. The van der Waals surface area contributed by atoms with Gasteiger partial charge < -0.3 is 5.73 Å². The molecule has 1 aromatic rings. The van der Waals surface area contributed by atoms with Crippen molar-refractivity contribution in [3.8, 4) is 0 Å². The first-order valence-corrected chi connectivity index (χ1v) is 9.12. The van der Waals surface area contributed by atoms with Crippen LogP contribution in [0.2, 0.25) is 5.02 Å². The van der Waals surface area contributed by atoms with Crippen molar-refractivity contribution in [1.82, 2.24) is 4.31 Å². The zero-order valence-electron chi connectivity index (χ0n) is 11.0. The molecule has 1 aliphatic heterocycles. The SMILES string of the molecule is CC1CSCCN1S(=O)(=O)c1cc(F)c(Cl)c(CN)c1. The van der Waals surface area contributed by atoms with E-state index in [1.54, 1.807) is 11.8 Å². The Hall–Kier alpha value is -0.340. The predicted octanol–water partition coefficient (Wildman–Crippen LogP) is 2.06. The van der Waals surface area contributed by atoms with E-state index in [0.717, 1.165) is 17.6 Å². The van der Waals surface area contributed by atoms with Gasteiger partial charge in [0.25, 0.3) is 0 Å². The van der Waals surface area contributed by atoms with Gasteiger partial charge in [-0.05, 0) is 24.6 Å². The minimum absolute atomic E-state index is 0.00941. The summed E-state index contributed by atoms with van der Waals surface area (Å²) in [7, 11) is -3.72. The van der Waals surface area contributed by atoms with E-state index < -0.39 is 15.8 Å². The molecule has 1 aromatic carbocycles. The first-order valence-electron chi connectivity index (χ1n) is 6.15. The molecule has 0 aromatic heterocycles. The molecule has 0 aliphatic carbocycles. The van der Waals surface area contributed by atoms with Crippen molar-refractivity contribution in [1.29, 1.82) is 0 Å². The summed E-state index contributed by atoms with van der Waals surface area (Å²) >= 11 is 7.47. The molecule has 2 rings (SSSR count). The maximum absolute atomic E-state index is 13.7. The van der Waals surface area contributed by atoms with Crippen LogP contribution in [0.25, 0.3) is 0 Å². The molecular formula is C12H16ClFN2O2S2. The van der Waals surface area contributed by atoms with Crippen molar-refractivity contribution in [2.75, 3.05) is 18.1 Å². The Labute approximate surface area is 127 Å². The van der Waals surface area contributed by atoms with Crippen molar-refractivity contribution in [3.05, 3.63) is 28.5 Å². The van der Waals surface area contributed by atoms with E-state index in [2.05, 4.69) is 0 Å². The lowest BCUT2D eigenvalue weighted by molar-refractivity contribution is 0.367. The number of sulfonamides is 1. The van der Waals surface area contributed by atoms with Crippen LogP contribution in [0.3, 0.4) is 0 Å². The van der Waals surface area contributed by atoms with Crippen LogP contribution in [-0.4, -0.2) is 36.8 Å². The standard InChI is InChI=1S/C12H16ClFN2O2S2/c1-8-7-19-3-2-16(8)20(17,18)10-4-9(6-15)12(13)11(14)5-10/h4-5,8H,2-3,6-7,15H2,1H3. The van der Waals surface area contributed by atoms with Crippen LogP contribution < -0.4 is 5.73 Å². The highest BCUT2D eigenvalue weighted by molar-refractivity contribution is 7.99. The Kier molecular flexibility index (Phi) is 4.96. The first-order chi connectivity index (χ1) is 9.37. The van der Waals surface area contributed by atoms with Crippen molar-refractivity contribution in [2.24, 2.45) is 5.73 Å². The maximum Gasteiger partial charge on any atom is 0.243 e. The van der Waals surface area contributed by atoms with Crippen LogP contribution in [0.15, 0.2) is 17.0 Å². The number of thioether (sulfide) groups is 1. The van der Waals surface area contributed by atoms with Crippen molar-refractivity contribution < 1.29 is 12.8 Å². The highest BCUT2D eigenvalue weighted by Crippen LogP contribution is 2.28. The predicted molar refractivity (Wildman–Crippen MR) is 80.0 cm³/mol. The van der Waals surface area contributed by atoms with Gasteiger partial charge in [0.05, 0.1) is 9.92 Å². The molecule has 8 heteroatoms. The lowest BCUT2D eigenvalue weighted by Gasteiger charge is -2.32. The van der Waals surface area contributed by atoms with Crippen LogP contribution in [0, 0.1) is 5.82 Å². The van der Waals surface area contributed by atoms with Gasteiger partial charge >= 0.3 is 0 Å². The minimum atomic E-state index is -3.72. The summed E-state index contributed by atoms with van der Waals surface area (Å²) in [5.74, 6) is 0.717. The lowest BCUT2D eigenvalue weighted by atomic mass is 10.2. The van der Waals surface area contributed by atoms with E-state index in [1.807, 2.05) is 6.92 Å². The molecule has 1 unspecified atom stereocenters. The van der Waals surface area contributed by atoms with Gasteiger partial charge in [0.1, 0.15) is 5.82 Å². The van der Waals surface area contributed by atoms with Gasteiger partial charge in [-0.1, -0.05) is 11.6 Å². The van der Waals surface area contributed by atoms with Gasteiger partial charge in [0, 0.05) is 30.6 Å². The molecule has 1 aliphatic rings. The number of benzene rings is 1. The van der Waals surface area contributed by atoms with E-state index in [0.29, 0.717) is 12.1 Å². The summed E-state index contributed by atoms with van der Waals surface area (Å²) in [5, 5.41) is -0.117. The fourth-order valence-electron chi connectivity index (χ4n) is 2.12. The van der Waals surface area contributed by atoms with Crippen molar-refractivity contribution in [3.63, 3.8) is 0 Å². The lowest BCUT2D eigenvalue weighted by Crippen LogP contribution is -2.44. The van der Waals surface area contributed by atoms with E-state index in [9.17, 15) is 12.8 Å². The number of nitrogens with two attached hydrogens (primary N) is 1. The molecular weight excluding hydrogens is 323 g/mol. The van der Waals surface area contributed by atoms with Gasteiger partial charge in [0.15, 0.2) is 0 Å². The fraction of sp³-hybridized carbons (Fsp3) is 0.500. The number of rotatable bonds is 3. The molecule has 1 saturated heterocycles. The van der Waals surface area contributed by atoms with Gasteiger partial charge in [-0.15, -0.1) is 0 Å². The topological polar surface area (TPSA) is 63.4 Å². The van der Waals surface area contributed by atoms with E-state index in [-0.39, 0.29) is 22.5 Å². The monoisotopic (exact) mass is 338 g/mol. The average Bonchev–Trinajstić information content (AvgIpc) is 2.41. The Balaban J connectivity index is 2.46. The number of hydrogen-bond acceptors (Lipinski definition) is 4. The first kappa shape index (κ1) is 16.0. The molecule has 0 amide bonds. The van der Waals surface area contributed by atoms with E-state index in [4.69, 9.17) is 17.3 Å². The van der Waals surface area contributed by atoms with Crippen molar-refractivity contribution >= 4 is 33.4 Å². The largest absolute Gasteiger partial charge is 0.326 e. The Morgan fingerprint density at radius 2 is 2.25 bits per heavy atom. The second-order valence-electron chi connectivity index (χ2n) is 4.62. The quantitative estimate of drug-likeness (QED) is 0.916. The second kappa shape index (κ2) is 6.19. The molecule has 2 N–H and O–H groups in total. The summed E-state index contributed by atoms with van der Waals surface area (Å²) in [6.45, 7) is 2.26. The van der Waals surface area contributed by atoms with Crippen LogP contribution in [-0.2, 0) is 16.6 Å². The number of nitrogens with zero attached hydrogens (tertiary/aromatic N) is 1. The van der Waals surface area contributed by atoms with Gasteiger partial charge in [-0.2, -0.15) is 16.1 Å². The van der Waals surface area contributed by atoms with Crippen LogP contribution in [0.1, 0.15) is 12.5 Å². The third kappa shape index (κ3) is 2.96. The molecule has 1 heterocycles. The summed E-state index contributed by atoms with van der Waals surface area (Å²) < 4.78 is 40.3. The summed E-state index contributed by atoms with van der Waals surface area (Å²) in [6.07, 6.45) is 0. The summed E-state index contributed by atoms with van der Waals surface area (Å²) in [4.78, 5) is -0.0846. The van der Waals surface area contributed by atoms with E-state index in [1.165, 1.54) is 10.4 Å². The molecule has 112 valence electrons. The maximum atomic E-state index is 13.7. The Bertz CT molecular complexity index is 610. The second-order valence-corrected chi connectivity index (χ2v) is 8.04. The number of halogens is 2. The fourth-order valence-corrected chi connectivity index (χ4v) is 5.22. The smallest absolute Gasteiger partial charge is 0.243 e. The zero-order valence-corrected chi connectivity index (χ0v) is 13.4. The molecule has 20 heavy (non-hydrogen) atoms. The van der Waals surface area contributed by atoms with Crippen LogP contribution in [0.5, 0.6) is 0 Å². The van der Waals surface area contributed by atoms with Crippen LogP contribution >= 0.6 is 23.4 Å². The third-order valence-corrected chi connectivity index (χ3v) is 6.81. The molecule has 4 nitrogen and oxygen atoms in total. The molecule has 1 fully saturated rings. The molecule has 0 saturated carbocycles. The Morgan fingerprint density at radius 1 is 1.55 bits per heavy atom. The van der Waals surface area contributed by atoms with Crippen LogP contribution in [0.4, 0.5) is 4.39 Å². The highest BCUT2D eigenvalue weighted by Gasteiger charge is 2.32. The molecule has 0 bridgehead atoms. The summed E-state index contributed by atoms with van der Waals surface area (Å²) in [5.41, 5.74) is 5.77. The van der Waals surface area contributed by atoms with E-state index >= 15 is 0 Å². The van der Waals surface area contributed by atoms with Gasteiger partial charge in [0.2, 0.25) is 10.0 Å². The third-order valence-electron chi connectivity index (χ3n) is 3.21. The highest BCUT2D eigenvalue weighted by atomic mass is 35.5. The van der Waals surface area contributed by atoms with Gasteiger partial charge in [-0.25, -0.2) is 12.8 Å².